The summed E-state index contributed by atoms with van der Waals surface area (Å²) in [6.07, 6.45) is 2.43. The maximum Gasteiger partial charge on any atom is 0.234 e. The average Bonchev–Trinajstić information content (AvgIpc) is 3.20. The van der Waals surface area contributed by atoms with Gasteiger partial charge in [0.1, 0.15) is 0 Å². The maximum absolute atomic E-state index is 12.2. The van der Waals surface area contributed by atoms with Crippen LogP contribution in [-0.2, 0) is 11.3 Å². The standard InChI is InChI=1S/C19H30N2O/c1-14(2)16-8-6-15(7-9-16)12-21(17-10-11-17)13-18(22)20-19(3,4)5/h6-9,14,17H,10-13H2,1-5H3,(H,20,22). The molecule has 1 aromatic carbocycles. The number of carbonyl (C=O) groups is 1. The summed E-state index contributed by atoms with van der Waals surface area (Å²) >= 11 is 0. The Morgan fingerprint density at radius 3 is 2.27 bits per heavy atom. The van der Waals surface area contributed by atoms with Crippen LogP contribution in [0.5, 0.6) is 0 Å². The molecule has 1 N–H and O–H groups in total. The van der Waals surface area contributed by atoms with Crippen molar-refractivity contribution in [1.29, 1.82) is 0 Å². The highest BCUT2D eigenvalue weighted by Crippen LogP contribution is 2.28. The van der Waals surface area contributed by atoms with Gasteiger partial charge in [-0.05, 0) is 50.7 Å². The molecule has 0 bridgehead atoms. The summed E-state index contributed by atoms with van der Waals surface area (Å²) in [5.41, 5.74) is 2.50. The lowest BCUT2D eigenvalue weighted by molar-refractivity contribution is -0.123. The fraction of sp³-hybridized carbons (Fsp3) is 0.632. The van der Waals surface area contributed by atoms with E-state index >= 15 is 0 Å². The highest BCUT2D eigenvalue weighted by atomic mass is 16.2. The molecule has 1 aliphatic rings. The van der Waals surface area contributed by atoms with Crippen LogP contribution < -0.4 is 5.32 Å². The Labute approximate surface area is 135 Å². The fourth-order valence-corrected chi connectivity index (χ4v) is 2.64. The molecule has 2 rings (SSSR count). The summed E-state index contributed by atoms with van der Waals surface area (Å²) in [6.45, 7) is 11.9. The quantitative estimate of drug-likeness (QED) is 0.869. The molecule has 22 heavy (non-hydrogen) atoms. The molecule has 3 heteroatoms. The number of nitrogens with zero attached hydrogens (tertiary/aromatic N) is 1. The second kappa shape index (κ2) is 6.82. The van der Waals surface area contributed by atoms with E-state index in [9.17, 15) is 4.79 Å². The number of carbonyl (C=O) groups excluding carboxylic acids is 1. The lowest BCUT2D eigenvalue weighted by Crippen LogP contribution is -2.46. The molecule has 1 saturated carbocycles. The Hall–Kier alpha value is -1.35. The zero-order chi connectivity index (χ0) is 16.3. The number of amides is 1. The molecule has 0 saturated heterocycles. The van der Waals surface area contributed by atoms with E-state index in [-0.39, 0.29) is 11.4 Å². The summed E-state index contributed by atoms with van der Waals surface area (Å²) in [6, 6.07) is 9.40. The zero-order valence-corrected chi connectivity index (χ0v) is 14.6. The van der Waals surface area contributed by atoms with E-state index in [2.05, 4.69) is 48.3 Å². The molecule has 1 fully saturated rings. The molecule has 0 radical (unpaired) electrons. The minimum atomic E-state index is -0.161. The van der Waals surface area contributed by atoms with Crippen molar-refractivity contribution in [2.75, 3.05) is 6.54 Å². The predicted molar refractivity (Wildman–Crippen MR) is 91.9 cm³/mol. The first kappa shape index (κ1) is 17.0. The number of benzene rings is 1. The van der Waals surface area contributed by atoms with E-state index in [0.717, 1.165) is 6.54 Å². The highest BCUT2D eigenvalue weighted by Gasteiger charge is 2.30. The van der Waals surface area contributed by atoms with Gasteiger partial charge in [-0.1, -0.05) is 38.1 Å². The van der Waals surface area contributed by atoms with E-state index in [4.69, 9.17) is 0 Å². The number of nitrogens with one attached hydrogen (secondary N) is 1. The van der Waals surface area contributed by atoms with Gasteiger partial charge < -0.3 is 5.32 Å². The molecule has 1 aliphatic carbocycles. The van der Waals surface area contributed by atoms with Crippen molar-refractivity contribution < 1.29 is 4.79 Å². The molecule has 0 atom stereocenters. The third-order valence-corrected chi connectivity index (χ3v) is 3.96. The number of rotatable bonds is 6. The second-order valence-electron chi connectivity index (χ2n) is 7.83. The van der Waals surface area contributed by atoms with Gasteiger partial charge in [-0.15, -0.1) is 0 Å². The molecule has 0 unspecified atom stereocenters. The van der Waals surface area contributed by atoms with Crippen molar-refractivity contribution in [2.45, 2.75) is 71.5 Å². The largest absolute Gasteiger partial charge is 0.350 e. The monoisotopic (exact) mass is 302 g/mol. The van der Waals surface area contributed by atoms with Crippen LogP contribution in [0.1, 0.15) is 64.5 Å². The zero-order valence-electron chi connectivity index (χ0n) is 14.6. The maximum atomic E-state index is 12.2. The molecule has 0 heterocycles. The predicted octanol–water partition coefficient (Wildman–Crippen LogP) is 3.69. The summed E-state index contributed by atoms with van der Waals surface area (Å²) in [5, 5.41) is 3.06. The Bertz CT molecular complexity index is 495. The molecule has 1 amide bonds. The molecule has 1 aromatic rings. The SMILES string of the molecule is CC(C)c1ccc(CN(CC(=O)NC(C)(C)C)C2CC2)cc1. The first-order valence-electron chi connectivity index (χ1n) is 8.38. The van der Waals surface area contributed by atoms with Gasteiger partial charge in [0.2, 0.25) is 5.91 Å². The summed E-state index contributed by atoms with van der Waals surface area (Å²) in [7, 11) is 0. The lowest BCUT2D eigenvalue weighted by atomic mass is 10.0. The van der Waals surface area contributed by atoms with Gasteiger partial charge in [-0.25, -0.2) is 0 Å². The topological polar surface area (TPSA) is 32.3 Å². The van der Waals surface area contributed by atoms with Gasteiger partial charge in [0.15, 0.2) is 0 Å². The van der Waals surface area contributed by atoms with E-state index in [0.29, 0.717) is 18.5 Å². The van der Waals surface area contributed by atoms with E-state index in [1.807, 2.05) is 20.8 Å². The Kier molecular flexibility index (Phi) is 5.28. The van der Waals surface area contributed by atoms with Crippen molar-refractivity contribution in [2.24, 2.45) is 0 Å². The second-order valence-corrected chi connectivity index (χ2v) is 7.83. The van der Waals surface area contributed by atoms with Gasteiger partial charge in [-0.2, -0.15) is 0 Å². The van der Waals surface area contributed by atoms with Crippen molar-refractivity contribution in [3.05, 3.63) is 35.4 Å². The summed E-state index contributed by atoms with van der Waals surface area (Å²) < 4.78 is 0. The normalized spacial score (nSPS) is 15.4. The van der Waals surface area contributed by atoms with Crippen molar-refractivity contribution in [3.8, 4) is 0 Å². The minimum Gasteiger partial charge on any atom is -0.350 e. The molecule has 0 aliphatic heterocycles. The van der Waals surface area contributed by atoms with Crippen LogP contribution >= 0.6 is 0 Å². The summed E-state index contributed by atoms with van der Waals surface area (Å²) in [5.74, 6) is 0.685. The van der Waals surface area contributed by atoms with Crippen molar-refractivity contribution >= 4 is 5.91 Å². The van der Waals surface area contributed by atoms with Crippen LogP contribution in [0.4, 0.5) is 0 Å². The van der Waals surface area contributed by atoms with Crippen LogP contribution in [-0.4, -0.2) is 28.9 Å². The van der Waals surface area contributed by atoms with Gasteiger partial charge in [0.05, 0.1) is 6.54 Å². The number of hydrogen-bond donors (Lipinski definition) is 1. The third kappa shape index (κ3) is 5.45. The smallest absolute Gasteiger partial charge is 0.234 e. The van der Waals surface area contributed by atoms with Gasteiger partial charge in [0, 0.05) is 18.1 Å². The van der Waals surface area contributed by atoms with E-state index in [1.54, 1.807) is 0 Å². The van der Waals surface area contributed by atoms with Gasteiger partial charge >= 0.3 is 0 Å². The van der Waals surface area contributed by atoms with Gasteiger partial charge in [0.25, 0.3) is 0 Å². The first-order valence-corrected chi connectivity index (χ1v) is 8.38. The molecule has 122 valence electrons. The Morgan fingerprint density at radius 1 is 1.23 bits per heavy atom. The highest BCUT2D eigenvalue weighted by molar-refractivity contribution is 5.78. The van der Waals surface area contributed by atoms with Crippen molar-refractivity contribution in [1.82, 2.24) is 10.2 Å². The third-order valence-electron chi connectivity index (χ3n) is 3.96. The lowest BCUT2D eigenvalue weighted by Gasteiger charge is -2.25. The van der Waals surface area contributed by atoms with Crippen LogP contribution in [0.15, 0.2) is 24.3 Å². The van der Waals surface area contributed by atoms with Crippen LogP contribution in [0, 0.1) is 0 Å². The molecule has 3 nitrogen and oxygen atoms in total. The average molecular weight is 302 g/mol. The van der Waals surface area contributed by atoms with Crippen molar-refractivity contribution in [3.63, 3.8) is 0 Å². The molecule has 0 spiro atoms. The van der Waals surface area contributed by atoms with Gasteiger partial charge in [-0.3, -0.25) is 9.69 Å². The van der Waals surface area contributed by atoms with Crippen LogP contribution in [0.2, 0.25) is 0 Å². The van der Waals surface area contributed by atoms with E-state index < -0.39 is 0 Å². The molecule has 0 aromatic heterocycles. The van der Waals surface area contributed by atoms with Crippen LogP contribution in [0.25, 0.3) is 0 Å². The van der Waals surface area contributed by atoms with Crippen LogP contribution in [0.3, 0.4) is 0 Å². The molecular weight excluding hydrogens is 272 g/mol. The first-order chi connectivity index (χ1) is 10.2. The minimum absolute atomic E-state index is 0.123. The summed E-state index contributed by atoms with van der Waals surface area (Å²) in [4.78, 5) is 14.5. The fourth-order valence-electron chi connectivity index (χ4n) is 2.64. The van der Waals surface area contributed by atoms with E-state index in [1.165, 1.54) is 24.0 Å². The Balaban J connectivity index is 1.95. The Morgan fingerprint density at radius 2 is 1.82 bits per heavy atom. The molecular formula is C19H30N2O. The number of hydrogen-bond acceptors (Lipinski definition) is 2.